The van der Waals surface area contributed by atoms with Crippen LogP contribution in [0, 0.1) is 0 Å². The second-order valence-corrected chi connectivity index (χ2v) is 5.97. The van der Waals surface area contributed by atoms with Gasteiger partial charge >= 0.3 is 0 Å². The van der Waals surface area contributed by atoms with Gasteiger partial charge in [0.2, 0.25) is 5.91 Å². The lowest BCUT2D eigenvalue weighted by atomic mass is 9.92. The maximum absolute atomic E-state index is 11.8. The van der Waals surface area contributed by atoms with E-state index in [2.05, 4.69) is 5.32 Å². The molecular weight excluding hydrogens is 288 g/mol. The van der Waals surface area contributed by atoms with Crippen molar-refractivity contribution in [3.8, 4) is 5.75 Å². The number of rotatable bonds is 6. The molecule has 0 aromatic heterocycles. The molecule has 1 amide bonds. The molecule has 0 saturated heterocycles. The molecule has 1 saturated carbocycles. The third-order valence-electron chi connectivity index (χ3n) is 3.78. The molecule has 1 aromatic rings. The van der Waals surface area contributed by atoms with Crippen LogP contribution in [0.25, 0.3) is 0 Å². The fourth-order valence-electron chi connectivity index (χ4n) is 2.54. The fraction of sp³-hybridized carbons (Fsp3) is 0.562. The molecule has 0 atom stereocenters. The van der Waals surface area contributed by atoms with Crippen molar-refractivity contribution in [3.05, 3.63) is 29.3 Å². The monoisotopic (exact) mass is 310 g/mol. The number of benzene rings is 1. The van der Waals surface area contributed by atoms with Gasteiger partial charge in [-0.05, 0) is 44.2 Å². The van der Waals surface area contributed by atoms with Crippen LogP contribution in [-0.4, -0.2) is 24.6 Å². The minimum atomic E-state index is 0.0956. The Hall–Kier alpha value is -1.26. The van der Waals surface area contributed by atoms with Gasteiger partial charge in [0.25, 0.3) is 0 Å². The van der Waals surface area contributed by atoms with Crippen LogP contribution < -0.4 is 15.8 Å². The molecule has 0 bridgehead atoms. The van der Waals surface area contributed by atoms with Gasteiger partial charge in [0.1, 0.15) is 5.75 Å². The van der Waals surface area contributed by atoms with E-state index < -0.39 is 0 Å². The largest absolute Gasteiger partial charge is 0.492 e. The number of nitrogens with one attached hydrogen (secondary N) is 1. The van der Waals surface area contributed by atoms with Crippen molar-refractivity contribution in [2.45, 2.75) is 50.6 Å². The Morgan fingerprint density at radius 1 is 1.29 bits per heavy atom. The highest BCUT2D eigenvalue weighted by Crippen LogP contribution is 2.23. The molecule has 5 heteroatoms. The molecule has 0 spiro atoms. The Balaban J connectivity index is 1.60. The van der Waals surface area contributed by atoms with Gasteiger partial charge in [-0.15, -0.1) is 0 Å². The van der Waals surface area contributed by atoms with Crippen LogP contribution in [0.3, 0.4) is 0 Å². The van der Waals surface area contributed by atoms with Crippen LogP contribution in [-0.2, 0) is 4.79 Å². The van der Waals surface area contributed by atoms with E-state index >= 15 is 0 Å². The first-order chi connectivity index (χ1) is 10.1. The summed E-state index contributed by atoms with van der Waals surface area (Å²) in [6, 6.07) is 7.95. The zero-order valence-electron chi connectivity index (χ0n) is 12.2. The molecule has 1 aliphatic rings. The van der Waals surface area contributed by atoms with Crippen LogP contribution in [0.15, 0.2) is 24.3 Å². The Kier molecular flexibility index (Phi) is 6.33. The summed E-state index contributed by atoms with van der Waals surface area (Å²) in [5, 5.41) is 3.67. The standard InChI is InChI=1S/C16H23ClN2O2/c17-14-4-1-2-5-15(14)21-11-3-6-16(20)19-13-9-7-12(18)8-10-13/h1-2,4-5,12-13H,3,6-11,18H2,(H,19,20). The summed E-state index contributed by atoms with van der Waals surface area (Å²) >= 11 is 5.99. The predicted octanol–water partition coefficient (Wildman–Crippen LogP) is 2.89. The Labute approximate surface area is 131 Å². The van der Waals surface area contributed by atoms with E-state index in [0.717, 1.165) is 25.7 Å². The average Bonchev–Trinajstić information content (AvgIpc) is 2.48. The molecule has 0 unspecified atom stereocenters. The zero-order valence-corrected chi connectivity index (χ0v) is 12.9. The third-order valence-corrected chi connectivity index (χ3v) is 4.09. The predicted molar refractivity (Wildman–Crippen MR) is 84.6 cm³/mol. The number of hydrogen-bond acceptors (Lipinski definition) is 3. The Morgan fingerprint density at radius 3 is 2.71 bits per heavy atom. The van der Waals surface area contributed by atoms with Crippen LogP contribution in [0.4, 0.5) is 0 Å². The van der Waals surface area contributed by atoms with Crippen molar-refractivity contribution < 1.29 is 9.53 Å². The summed E-state index contributed by atoms with van der Waals surface area (Å²) in [5.41, 5.74) is 5.85. The molecule has 0 aliphatic heterocycles. The van der Waals surface area contributed by atoms with E-state index in [0.29, 0.717) is 42.3 Å². The minimum Gasteiger partial charge on any atom is -0.492 e. The number of hydrogen-bond donors (Lipinski definition) is 2. The molecule has 2 rings (SSSR count). The average molecular weight is 311 g/mol. The lowest BCUT2D eigenvalue weighted by molar-refractivity contribution is -0.122. The molecule has 1 aliphatic carbocycles. The number of amides is 1. The smallest absolute Gasteiger partial charge is 0.220 e. The van der Waals surface area contributed by atoms with Gasteiger partial charge in [0.15, 0.2) is 0 Å². The van der Waals surface area contributed by atoms with E-state index in [1.807, 2.05) is 18.2 Å². The lowest BCUT2D eigenvalue weighted by Gasteiger charge is -2.26. The van der Waals surface area contributed by atoms with E-state index in [-0.39, 0.29) is 5.91 Å². The normalized spacial score (nSPS) is 21.8. The Bertz CT molecular complexity index is 459. The summed E-state index contributed by atoms with van der Waals surface area (Å²) in [6.45, 7) is 0.493. The van der Waals surface area contributed by atoms with Crippen LogP contribution >= 0.6 is 11.6 Å². The van der Waals surface area contributed by atoms with E-state index in [1.54, 1.807) is 6.07 Å². The van der Waals surface area contributed by atoms with E-state index in [9.17, 15) is 4.79 Å². The highest BCUT2D eigenvalue weighted by atomic mass is 35.5. The van der Waals surface area contributed by atoms with Gasteiger partial charge in [0.05, 0.1) is 11.6 Å². The highest BCUT2D eigenvalue weighted by Gasteiger charge is 2.19. The molecule has 3 N–H and O–H groups in total. The second kappa shape index (κ2) is 8.25. The van der Waals surface area contributed by atoms with Gasteiger partial charge < -0.3 is 15.8 Å². The first-order valence-electron chi connectivity index (χ1n) is 7.57. The molecule has 4 nitrogen and oxygen atoms in total. The number of nitrogens with two attached hydrogens (primary N) is 1. The van der Waals surface area contributed by atoms with E-state index in [4.69, 9.17) is 22.1 Å². The first-order valence-corrected chi connectivity index (χ1v) is 7.95. The first kappa shape index (κ1) is 16.1. The lowest BCUT2D eigenvalue weighted by Crippen LogP contribution is -2.40. The van der Waals surface area contributed by atoms with Crippen LogP contribution in [0.2, 0.25) is 5.02 Å². The molecular formula is C16H23ClN2O2. The number of carbonyl (C=O) groups excluding carboxylic acids is 1. The van der Waals surface area contributed by atoms with Crippen molar-refractivity contribution >= 4 is 17.5 Å². The van der Waals surface area contributed by atoms with Crippen molar-refractivity contribution in [1.82, 2.24) is 5.32 Å². The van der Waals surface area contributed by atoms with Gasteiger partial charge in [0, 0.05) is 18.5 Å². The maximum atomic E-state index is 11.8. The molecule has 0 radical (unpaired) electrons. The summed E-state index contributed by atoms with van der Waals surface area (Å²) in [5.74, 6) is 0.763. The minimum absolute atomic E-state index is 0.0956. The second-order valence-electron chi connectivity index (χ2n) is 5.56. The molecule has 21 heavy (non-hydrogen) atoms. The number of para-hydroxylation sites is 1. The number of ether oxygens (including phenoxy) is 1. The van der Waals surface area contributed by atoms with Crippen LogP contribution in [0.1, 0.15) is 38.5 Å². The summed E-state index contributed by atoms with van der Waals surface area (Å²) < 4.78 is 5.56. The maximum Gasteiger partial charge on any atom is 0.220 e. The van der Waals surface area contributed by atoms with Gasteiger partial charge in [-0.2, -0.15) is 0 Å². The number of carbonyl (C=O) groups is 1. The number of halogens is 1. The molecule has 1 fully saturated rings. The van der Waals surface area contributed by atoms with Crippen molar-refractivity contribution in [1.29, 1.82) is 0 Å². The SMILES string of the molecule is NC1CCC(NC(=O)CCCOc2ccccc2Cl)CC1. The van der Waals surface area contributed by atoms with Gasteiger partial charge in [-0.1, -0.05) is 23.7 Å². The van der Waals surface area contributed by atoms with Crippen molar-refractivity contribution in [3.63, 3.8) is 0 Å². The highest BCUT2D eigenvalue weighted by molar-refractivity contribution is 6.32. The summed E-state index contributed by atoms with van der Waals surface area (Å²) in [4.78, 5) is 11.8. The fourth-order valence-corrected chi connectivity index (χ4v) is 2.73. The topological polar surface area (TPSA) is 64.3 Å². The van der Waals surface area contributed by atoms with Gasteiger partial charge in [-0.25, -0.2) is 0 Å². The van der Waals surface area contributed by atoms with Crippen molar-refractivity contribution in [2.24, 2.45) is 5.73 Å². The quantitative estimate of drug-likeness (QED) is 0.794. The summed E-state index contributed by atoms with van der Waals surface area (Å²) in [7, 11) is 0. The summed E-state index contributed by atoms with van der Waals surface area (Å²) in [6.07, 6.45) is 5.14. The van der Waals surface area contributed by atoms with Crippen molar-refractivity contribution in [2.75, 3.05) is 6.61 Å². The Morgan fingerprint density at radius 2 is 2.00 bits per heavy atom. The zero-order chi connectivity index (χ0) is 15.1. The molecule has 116 valence electrons. The molecule has 0 heterocycles. The molecule has 1 aromatic carbocycles. The third kappa shape index (κ3) is 5.56. The van der Waals surface area contributed by atoms with E-state index in [1.165, 1.54) is 0 Å². The van der Waals surface area contributed by atoms with Gasteiger partial charge in [-0.3, -0.25) is 4.79 Å². The van der Waals surface area contributed by atoms with Crippen LogP contribution in [0.5, 0.6) is 5.75 Å².